The molecule has 0 aromatic heterocycles. The van der Waals surface area contributed by atoms with E-state index >= 15 is 0 Å². The Balaban J connectivity index is 0.000000517. The summed E-state index contributed by atoms with van der Waals surface area (Å²) in [6, 6.07) is 18.0. The van der Waals surface area contributed by atoms with Crippen LogP contribution in [-0.4, -0.2) is 6.38 Å². The molecule has 1 unspecified atom stereocenters. The second kappa shape index (κ2) is 7.25. The molecule has 1 atom stereocenters. The van der Waals surface area contributed by atoms with Gasteiger partial charge in [-0.05, 0) is 58.4 Å². The van der Waals surface area contributed by atoms with Gasteiger partial charge >= 0.3 is 0 Å². The molecule has 4 rings (SSSR count). The van der Waals surface area contributed by atoms with Gasteiger partial charge in [0.1, 0.15) is 0 Å². The number of alkyl halides is 1. The Morgan fingerprint density at radius 3 is 2.29 bits per heavy atom. The number of halogens is 1. The average Bonchev–Trinajstić information content (AvgIpc) is 2.56. The van der Waals surface area contributed by atoms with Crippen LogP contribution >= 0.6 is 21.5 Å². The minimum atomic E-state index is 0. The van der Waals surface area contributed by atoms with Crippen molar-refractivity contribution in [1.29, 1.82) is 0 Å². The van der Waals surface area contributed by atoms with Crippen LogP contribution in [0.25, 0.3) is 21.5 Å². The Hall–Kier alpha value is -1.10. The predicted octanol–water partition coefficient (Wildman–Crippen LogP) is 5.78. The van der Waals surface area contributed by atoms with Crippen molar-refractivity contribution >= 4 is 43.0 Å². The lowest BCUT2D eigenvalue weighted by Gasteiger charge is -2.18. The van der Waals surface area contributed by atoms with E-state index < -0.39 is 0 Å². The number of rotatable bonds is 0. The molecular formula is C19H22ClP. The third-order valence-corrected chi connectivity index (χ3v) is 4.26. The van der Waals surface area contributed by atoms with Crippen molar-refractivity contribution in [3.8, 4) is 0 Å². The SMILES string of the molecule is CCl.P.c1ccc2c(c1)ccc1c3c(ccc12)CCCC3. The first-order valence-electron chi connectivity index (χ1n) is 7.23. The highest BCUT2D eigenvalue weighted by Crippen LogP contribution is 2.32. The molecule has 0 bridgehead atoms. The van der Waals surface area contributed by atoms with Crippen molar-refractivity contribution in [2.75, 3.05) is 6.38 Å². The molecule has 1 aliphatic carbocycles. The second-order valence-electron chi connectivity index (χ2n) is 5.29. The minimum Gasteiger partial charge on any atom is -0.153 e. The molecule has 2 heteroatoms. The van der Waals surface area contributed by atoms with Gasteiger partial charge in [0.2, 0.25) is 0 Å². The first-order valence-corrected chi connectivity index (χ1v) is 7.99. The molecule has 0 fully saturated rings. The van der Waals surface area contributed by atoms with Crippen molar-refractivity contribution < 1.29 is 0 Å². The molecule has 0 amide bonds. The van der Waals surface area contributed by atoms with Gasteiger partial charge in [0.05, 0.1) is 0 Å². The summed E-state index contributed by atoms with van der Waals surface area (Å²) in [7, 11) is 0. The number of benzene rings is 3. The van der Waals surface area contributed by atoms with Crippen molar-refractivity contribution in [1.82, 2.24) is 0 Å². The van der Waals surface area contributed by atoms with E-state index in [1.807, 2.05) is 0 Å². The van der Waals surface area contributed by atoms with Crippen molar-refractivity contribution in [2.24, 2.45) is 0 Å². The van der Waals surface area contributed by atoms with E-state index in [-0.39, 0.29) is 9.90 Å². The van der Waals surface area contributed by atoms with E-state index in [1.54, 1.807) is 11.1 Å². The first-order chi connectivity index (χ1) is 9.93. The van der Waals surface area contributed by atoms with Crippen molar-refractivity contribution in [2.45, 2.75) is 25.7 Å². The van der Waals surface area contributed by atoms with Crippen LogP contribution in [0.1, 0.15) is 24.0 Å². The molecule has 3 aromatic carbocycles. The summed E-state index contributed by atoms with van der Waals surface area (Å²) in [5.41, 5.74) is 3.17. The average molecular weight is 317 g/mol. The molecule has 0 spiro atoms. The molecule has 21 heavy (non-hydrogen) atoms. The topological polar surface area (TPSA) is 0 Å². The fourth-order valence-corrected chi connectivity index (χ4v) is 3.34. The van der Waals surface area contributed by atoms with Gasteiger partial charge in [-0.15, -0.1) is 11.6 Å². The molecule has 3 aromatic rings. The Kier molecular flexibility index (Phi) is 5.62. The summed E-state index contributed by atoms with van der Waals surface area (Å²) in [6.07, 6.45) is 6.69. The summed E-state index contributed by atoms with van der Waals surface area (Å²) in [4.78, 5) is 0. The highest BCUT2D eigenvalue weighted by atomic mass is 35.5. The molecular weight excluding hydrogens is 295 g/mol. The Bertz CT molecular complexity index is 749. The summed E-state index contributed by atoms with van der Waals surface area (Å²) < 4.78 is 0. The Morgan fingerprint density at radius 1 is 0.714 bits per heavy atom. The van der Waals surface area contributed by atoms with E-state index in [4.69, 9.17) is 0 Å². The number of hydrogen-bond acceptors (Lipinski definition) is 0. The molecule has 0 nitrogen and oxygen atoms in total. The van der Waals surface area contributed by atoms with E-state index in [9.17, 15) is 0 Å². The quantitative estimate of drug-likeness (QED) is 0.280. The fraction of sp³-hybridized carbons (Fsp3) is 0.263. The van der Waals surface area contributed by atoms with Crippen molar-refractivity contribution in [3.05, 3.63) is 59.7 Å². The highest BCUT2D eigenvalue weighted by Gasteiger charge is 2.12. The van der Waals surface area contributed by atoms with Crippen LogP contribution in [0.4, 0.5) is 0 Å². The maximum absolute atomic E-state index is 4.64. The third-order valence-electron chi connectivity index (χ3n) is 4.26. The van der Waals surface area contributed by atoms with E-state index in [1.165, 1.54) is 53.6 Å². The number of hydrogen-bond donors (Lipinski definition) is 0. The standard InChI is InChI=1S/C18H16.CH3Cl.H3P/c1-3-7-15-13(5-1)9-11-18-16-8-4-2-6-14(16)10-12-17(15)18;1-2;/h1,3,5,7,9-12H,2,4,6,8H2;1H3;1H3. The largest absolute Gasteiger partial charge is 0.153 e. The highest BCUT2D eigenvalue weighted by molar-refractivity contribution is 6.92. The molecule has 110 valence electrons. The van der Waals surface area contributed by atoms with E-state index in [0.29, 0.717) is 0 Å². The molecule has 0 saturated heterocycles. The van der Waals surface area contributed by atoms with E-state index in [2.05, 4.69) is 60.1 Å². The summed E-state index contributed by atoms with van der Waals surface area (Å²) in [5, 5.41) is 5.64. The van der Waals surface area contributed by atoms with Crippen LogP contribution in [0.15, 0.2) is 48.5 Å². The maximum atomic E-state index is 4.64. The molecule has 0 heterocycles. The fourth-order valence-electron chi connectivity index (χ4n) is 3.34. The molecule has 0 aliphatic heterocycles. The monoisotopic (exact) mass is 316 g/mol. The van der Waals surface area contributed by atoms with Gasteiger partial charge in [0.15, 0.2) is 0 Å². The van der Waals surface area contributed by atoms with Gasteiger partial charge in [-0.25, -0.2) is 0 Å². The first kappa shape index (κ1) is 16.3. The zero-order valence-corrected chi connectivity index (χ0v) is 14.7. The summed E-state index contributed by atoms with van der Waals surface area (Å²) >= 11 is 4.64. The zero-order chi connectivity index (χ0) is 13.9. The molecule has 0 saturated carbocycles. The van der Waals surface area contributed by atoms with Crippen LogP contribution in [-0.2, 0) is 12.8 Å². The van der Waals surface area contributed by atoms with Gasteiger partial charge < -0.3 is 0 Å². The predicted molar refractivity (Wildman–Crippen MR) is 101 cm³/mol. The lowest BCUT2D eigenvalue weighted by atomic mass is 9.86. The minimum absolute atomic E-state index is 0. The number of aryl methyl sites for hydroxylation is 2. The van der Waals surface area contributed by atoms with Gasteiger partial charge in [-0.2, -0.15) is 9.90 Å². The molecule has 0 N–H and O–H groups in total. The third kappa shape index (κ3) is 2.93. The van der Waals surface area contributed by atoms with Crippen LogP contribution in [0.3, 0.4) is 0 Å². The second-order valence-corrected chi connectivity index (χ2v) is 5.29. The van der Waals surface area contributed by atoms with Crippen LogP contribution in [0, 0.1) is 0 Å². The van der Waals surface area contributed by atoms with E-state index in [0.717, 1.165) is 0 Å². The number of fused-ring (bicyclic) bond motifs is 5. The van der Waals surface area contributed by atoms with Gasteiger partial charge in [0, 0.05) is 6.38 Å². The van der Waals surface area contributed by atoms with Crippen LogP contribution in [0.2, 0.25) is 0 Å². The zero-order valence-electron chi connectivity index (χ0n) is 12.5. The van der Waals surface area contributed by atoms with Gasteiger partial charge in [0.25, 0.3) is 0 Å². The Labute approximate surface area is 135 Å². The normalized spacial score (nSPS) is 13.0. The van der Waals surface area contributed by atoms with Crippen molar-refractivity contribution in [3.63, 3.8) is 0 Å². The smallest absolute Gasteiger partial charge is 0.0108 e. The molecule has 1 aliphatic rings. The lowest BCUT2D eigenvalue weighted by molar-refractivity contribution is 0.690. The maximum Gasteiger partial charge on any atom is 0.0108 e. The molecule has 0 radical (unpaired) electrons. The van der Waals surface area contributed by atoms with Gasteiger partial charge in [-0.3, -0.25) is 0 Å². The summed E-state index contributed by atoms with van der Waals surface area (Å²) in [6.45, 7) is 0. The lowest BCUT2D eigenvalue weighted by Crippen LogP contribution is -2.02. The van der Waals surface area contributed by atoms with Gasteiger partial charge in [-0.1, -0.05) is 48.5 Å². The Morgan fingerprint density at radius 2 is 1.43 bits per heavy atom. The van der Waals surface area contributed by atoms with Crippen LogP contribution in [0.5, 0.6) is 0 Å². The summed E-state index contributed by atoms with van der Waals surface area (Å²) in [5.74, 6) is 0. The van der Waals surface area contributed by atoms with Crippen LogP contribution < -0.4 is 0 Å².